The molecule has 1 heterocycles. The third-order valence-electron chi connectivity index (χ3n) is 0.696. The van der Waals surface area contributed by atoms with Crippen molar-refractivity contribution in [1.29, 1.82) is 0 Å². The molecule has 0 saturated carbocycles. The summed E-state index contributed by atoms with van der Waals surface area (Å²) in [5, 5.41) is 2.63. The first kappa shape index (κ1) is 3.67. The second kappa shape index (κ2) is 1.30. The van der Waals surface area contributed by atoms with Crippen LogP contribution in [0.1, 0.15) is 0 Å². The maximum atomic E-state index is 10.1. The SMILES string of the molecule is O=C1NC[SiH2]N1. The zero-order chi connectivity index (χ0) is 4.41. The van der Waals surface area contributed by atoms with Crippen molar-refractivity contribution in [1.82, 2.24) is 10.3 Å². The van der Waals surface area contributed by atoms with E-state index in [0.29, 0.717) is 0 Å². The van der Waals surface area contributed by atoms with Gasteiger partial charge in [-0.3, -0.25) is 0 Å². The molecular weight excluding hydrogens is 96.1 g/mol. The third-order valence-corrected chi connectivity index (χ3v) is 1.77. The topological polar surface area (TPSA) is 41.1 Å². The van der Waals surface area contributed by atoms with Gasteiger partial charge in [0.2, 0.25) is 0 Å². The minimum atomic E-state index is -0.215. The van der Waals surface area contributed by atoms with Crippen LogP contribution in [0, 0.1) is 0 Å². The Morgan fingerprint density at radius 3 is 2.83 bits per heavy atom. The number of hydrogen-bond donors (Lipinski definition) is 2. The summed E-state index contributed by atoms with van der Waals surface area (Å²) in [4.78, 5) is 12.8. The Hall–Kier alpha value is -0.513. The van der Waals surface area contributed by atoms with Crippen LogP contribution in [0.3, 0.4) is 0 Å². The Morgan fingerprint density at radius 2 is 2.67 bits per heavy atom. The molecule has 0 atom stereocenters. The first-order valence-electron chi connectivity index (χ1n) is 1.91. The van der Waals surface area contributed by atoms with Crippen molar-refractivity contribution in [2.24, 2.45) is 0 Å². The standard InChI is InChI=1S/C2H6N2OSi/c5-2-3-1-6-4-2/h1,6H2,(H2,3,4,5). The molecule has 4 heteroatoms. The predicted octanol–water partition coefficient (Wildman–Crippen LogP) is -1.66. The fourth-order valence-electron chi connectivity index (χ4n) is 0.415. The molecule has 0 bridgehead atoms. The van der Waals surface area contributed by atoms with Crippen LogP contribution in [0.4, 0.5) is 4.79 Å². The largest absolute Gasteiger partial charge is 0.369 e. The summed E-state index contributed by atoms with van der Waals surface area (Å²) in [6, 6.07) is 0.0154. The van der Waals surface area contributed by atoms with Gasteiger partial charge in [-0.05, 0) is 0 Å². The van der Waals surface area contributed by atoms with Crippen molar-refractivity contribution < 1.29 is 4.79 Å². The number of hydrogen-bond acceptors (Lipinski definition) is 1. The van der Waals surface area contributed by atoms with Crippen molar-refractivity contribution in [3.8, 4) is 0 Å². The van der Waals surface area contributed by atoms with Crippen molar-refractivity contribution in [2.75, 3.05) is 6.17 Å². The first-order chi connectivity index (χ1) is 2.89. The van der Waals surface area contributed by atoms with E-state index in [-0.39, 0.29) is 15.7 Å². The molecule has 0 radical (unpaired) electrons. The van der Waals surface area contributed by atoms with Crippen LogP contribution in [0.25, 0.3) is 0 Å². The van der Waals surface area contributed by atoms with Crippen LogP contribution in [0.15, 0.2) is 0 Å². The van der Waals surface area contributed by atoms with Crippen LogP contribution < -0.4 is 10.3 Å². The lowest BCUT2D eigenvalue weighted by molar-refractivity contribution is 0.249. The molecule has 2 N–H and O–H groups in total. The molecule has 0 aromatic rings. The van der Waals surface area contributed by atoms with Gasteiger partial charge >= 0.3 is 6.03 Å². The number of rotatable bonds is 0. The number of carbonyl (C=O) groups excluding carboxylic acids is 1. The number of urea groups is 1. The van der Waals surface area contributed by atoms with Crippen molar-refractivity contribution >= 4 is 15.7 Å². The van der Waals surface area contributed by atoms with Gasteiger partial charge in [-0.25, -0.2) is 4.79 Å². The van der Waals surface area contributed by atoms with Crippen molar-refractivity contribution in [2.45, 2.75) is 0 Å². The first-order valence-corrected chi connectivity index (χ1v) is 3.62. The van der Waals surface area contributed by atoms with E-state index in [1.807, 2.05) is 0 Å². The molecule has 1 aliphatic heterocycles. The van der Waals surface area contributed by atoms with Gasteiger partial charge in [-0.2, -0.15) is 0 Å². The van der Waals surface area contributed by atoms with E-state index in [2.05, 4.69) is 10.3 Å². The molecule has 0 aromatic heterocycles. The number of nitrogens with one attached hydrogen (secondary N) is 2. The highest BCUT2D eigenvalue weighted by Gasteiger charge is 2.03. The maximum Gasteiger partial charge on any atom is 0.306 e. The van der Waals surface area contributed by atoms with E-state index in [9.17, 15) is 4.79 Å². The minimum Gasteiger partial charge on any atom is -0.369 e. The maximum absolute atomic E-state index is 10.1. The van der Waals surface area contributed by atoms with Gasteiger partial charge in [0.15, 0.2) is 0 Å². The molecule has 1 rings (SSSR count). The van der Waals surface area contributed by atoms with E-state index in [1.165, 1.54) is 0 Å². The second-order valence-electron chi connectivity index (χ2n) is 1.18. The van der Waals surface area contributed by atoms with Gasteiger partial charge in [0.05, 0.1) is 0 Å². The average molecular weight is 102 g/mol. The molecule has 3 nitrogen and oxygen atoms in total. The summed E-state index contributed by atoms with van der Waals surface area (Å²) in [7, 11) is -0.215. The summed E-state index contributed by atoms with van der Waals surface area (Å²) in [6.07, 6.45) is 0.916. The predicted molar refractivity (Wildman–Crippen MR) is 25.1 cm³/mol. The molecule has 0 spiro atoms. The molecule has 0 aromatic carbocycles. The Labute approximate surface area is 38.0 Å². The zero-order valence-corrected chi connectivity index (χ0v) is 4.74. The van der Waals surface area contributed by atoms with E-state index >= 15 is 0 Å². The van der Waals surface area contributed by atoms with Crippen molar-refractivity contribution in [3.05, 3.63) is 0 Å². The van der Waals surface area contributed by atoms with Gasteiger partial charge in [-0.15, -0.1) is 0 Å². The Balaban J connectivity index is 2.37. The summed E-state index contributed by atoms with van der Waals surface area (Å²) in [6.45, 7) is 0. The van der Waals surface area contributed by atoms with Gasteiger partial charge in [0.25, 0.3) is 0 Å². The van der Waals surface area contributed by atoms with Gasteiger partial charge < -0.3 is 10.3 Å². The van der Waals surface area contributed by atoms with E-state index < -0.39 is 0 Å². The Kier molecular flexibility index (Phi) is 0.793. The molecule has 2 amide bonds. The van der Waals surface area contributed by atoms with Gasteiger partial charge in [-0.1, -0.05) is 0 Å². The molecule has 1 aliphatic rings. The lowest BCUT2D eigenvalue weighted by Gasteiger charge is -1.81. The fourth-order valence-corrected chi connectivity index (χ4v) is 1.24. The summed E-state index contributed by atoms with van der Waals surface area (Å²) >= 11 is 0. The smallest absolute Gasteiger partial charge is 0.306 e. The Bertz CT molecular complexity index is 65.9. The number of carbonyl (C=O) groups is 1. The van der Waals surface area contributed by atoms with E-state index in [0.717, 1.165) is 6.17 Å². The Morgan fingerprint density at radius 1 is 1.83 bits per heavy atom. The summed E-state index contributed by atoms with van der Waals surface area (Å²) in [5.41, 5.74) is 0. The normalized spacial score (nSPS) is 23.7. The number of amides is 2. The zero-order valence-electron chi connectivity index (χ0n) is 3.32. The molecular formula is C2H6N2OSi. The molecule has 34 valence electrons. The molecule has 1 fully saturated rings. The molecule has 0 unspecified atom stereocenters. The highest BCUT2D eigenvalue weighted by Crippen LogP contribution is 1.66. The lowest BCUT2D eigenvalue weighted by Crippen LogP contribution is -2.20. The van der Waals surface area contributed by atoms with E-state index in [1.54, 1.807) is 0 Å². The quantitative estimate of drug-likeness (QED) is 0.353. The molecule has 1 saturated heterocycles. The summed E-state index contributed by atoms with van der Waals surface area (Å²) in [5.74, 6) is 0. The molecule has 6 heavy (non-hydrogen) atoms. The van der Waals surface area contributed by atoms with Gasteiger partial charge in [0.1, 0.15) is 9.68 Å². The second-order valence-corrected chi connectivity index (χ2v) is 2.54. The van der Waals surface area contributed by atoms with Crippen LogP contribution in [-0.2, 0) is 0 Å². The third kappa shape index (κ3) is 0.512. The van der Waals surface area contributed by atoms with Crippen LogP contribution >= 0.6 is 0 Å². The highest BCUT2D eigenvalue weighted by molar-refractivity contribution is 6.40. The minimum absolute atomic E-state index is 0.0154. The van der Waals surface area contributed by atoms with Crippen LogP contribution in [-0.4, -0.2) is 21.9 Å². The molecule has 0 aliphatic carbocycles. The monoisotopic (exact) mass is 102 g/mol. The summed E-state index contributed by atoms with van der Waals surface area (Å²) < 4.78 is 0. The highest BCUT2D eigenvalue weighted by atomic mass is 28.2. The average Bonchev–Trinajstić information content (AvgIpc) is 1.86. The van der Waals surface area contributed by atoms with E-state index in [4.69, 9.17) is 0 Å². The lowest BCUT2D eigenvalue weighted by atomic mass is 11.0. The van der Waals surface area contributed by atoms with Gasteiger partial charge in [0, 0.05) is 6.17 Å². The van der Waals surface area contributed by atoms with Crippen molar-refractivity contribution in [3.63, 3.8) is 0 Å². The van der Waals surface area contributed by atoms with Crippen LogP contribution in [0.2, 0.25) is 0 Å². The fraction of sp³-hybridized carbons (Fsp3) is 0.500. The van der Waals surface area contributed by atoms with Crippen LogP contribution in [0.5, 0.6) is 0 Å².